The molecule has 0 aliphatic carbocycles. The van der Waals surface area contributed by atoms with Crippen molar-refractivity contribution in [3.8, 4) is 0 Å². The second kappa shape index (κ2) is 4.37. The summed E-state index contributed by atoms with van der Waals surface area (Å²) >= 11 is 0. The highest BCUT2D eigenvalue weighted by atomic mass is 15.1. The van der Waals surface area contributed by atoms with E-state index < -0.39 is 0 Å². The van der Waals surface area contributed by atoms with Gasteiger partial charge in [0.1, 0.15) is 0 Å². The van der Waals surface area contributed by atoms with Crippen LogP contribution in [0.3, 0.4) is 0 Å². The van der Waals surface area contributed by atoms with Crippen LogP contribution in [0.5, 0.6) is 0 Å². The van der Waals surface area contributed by atoms with Gasteiger partial charge in [-0.1, -0.05) is 25.1 Å². The molecule has 0 spiro atoms. The van der Waals surface area contributed by atoms with Crippen LogP contribution in [0.25, 0.3) is 0 Å². The lowest BCUT2D eigenvalue weighted by molar-refractivity contribution is 0.562. The zero-order valence-corrected chi connectivity index (χ0v) is 10.6. The fourth-order valence-corrected chi connectivity index (χ4v) is 2.70. The number of hydrogen-bond acceptors (Lipinski definition) is 2. The molecule has 1 heterocycles. The Morgan fingerprint density at radius 3 is 2.56 bits per heavy atom. The number of nitrogens with two attached hydrogens (primary N) is 1. The monoisotopic (exact) mass is 238 g/mol. The SMILES string of the molecule is CC1Cc2ccccc2N(c2ccc(N)cc2)C1. The summed E-state index contributed by atoms with van der Waals surface area (Å²) in [5, 5.41) is 0. The molecule has 0 bridgehead atoms. The second-order valence-electron chi connectivity index (χ2n) is 5.14. The first kappa shape index (κ1) is 11.1. The average molecular weight is 238 g/mol. The van der Waals surface area contributed by atoms with Crippen LogP contribution < -0.4 is 10.6 Å². The number of nitrogen functional groups attached to an aromatic ring is 1. The minimum atomic E-state index is 0.678. The van der Waals surface area contributed by atoms with Gasteiger partial charge in [0, 0.05) is 23.6 Å². The zero-order chi connectivity index (χ0) is 12.5. The molecule has 2 heteroatoms. The number of benzene rings is 2. The number of hydrogen-bond donors (Lipinski definition) is 1. The number of anilines is 3. The molecule has 1 aliphatic rings. The Balaban J connectivity index is 2.04. The quantitative estimate of drug-likeness (QED) is 0.769. The lowest BCUT2D eigenvalue weighted by Gasteiger charge is -2.34. The first-order valence-electron chi connectivity index (χ1n) is 6.45. The molecule has 18 heavy (non-hydrogen) atoms. The molecular formula is C16H18N2. The normalized spacial score (nSPS) is 18.5. The van der Waals surface area contributed by atoms with E-state index in [1.54, 1.807) is 0 Å². The van der Waals surface area contributed by atoms with Crippen LogP contribution in [0.2, 0.25) is 0 Å². The molecule has 0 radical (unpaired) electrons. The Bertz CT molecular complexity index is 545. The van der Waals surface area contributed by atoms with Gasteiger partial charge in [-0.3, -0.25) is 0 Å². The van der Waals surface area contributed by atoms with Crippen molar-refractivity contribution in [2.24, 2.45) is 5.92 Å². The van der Waals surface area contributed by atoms with E-state index in [9.17, 15) is 0 Å². The third-order valence-electron chi connectivity index (χ3n) is 3.55. The number of nitrogens with zero attached hydrogens (tertiary/aromatic N) is 1. The predicted molar refractivity (Wildman–Crippen MR) is 77.2 cm³/mol. The van der Waals surface area contributed by atoms with E-state index in [1.165, 1.54) is 23.4 Å². The summed E-state index contributed by atoms with van der Waals surface area (Å²) < 4.78 is 0. The molecule has 3 rings (SSSR count). The highest BCUT2D eigenvalue weighted by Crippen LogP contribution is 2.35. The van der Waals surface area contributed by atoms with Gasteiger partial charge >= 0.3 is 0 Å². The van der Waals surface area contributed by atoms with Crippen molar-refractivity contribution in [2.75, 3.05) is 17.2 Å². The summed E-state index contributed by atoms with van der Waals surface area (Å²) in [6, 6.07) is 16.8. The number of rotatable bonds is 1. The third kappa shape index (κ3) is 1.94. The maximum absolute atomic E-state index is 5.76. The molecule has 2 aromatic rings. The molecule has 92 valence electrons. The van der Waals surface area contributed by atoms with Gasteiger partial charge in [-0.15, -0.1) is 0 Å². The maximum atomic E-state index is 5.76. The van der Waals surface area contributed by atoms with Gasteiger partial charge in [0.25, 0.3) is 0 Å². The van der Waals surface area contributed by atoms with Crippen molar-refractivity contribution in [3.63, 3.8) is 0 Å². The molecule has 0 aromatic heterocycles. The van der Waals surface area contributed by atoms with Gasteiger partial charge in [0.2, 0.25) is 0 Å². The van der Waals surface area contributed by atoms with E-state index in [2.05, 4.69) is 48.2 Å². The fraction of sp³-hybridized carbons (Fsp3) is 0.250. The fourth-order valence-electron chi connectivity index (χ4n) is 2.70. The molecule has 1 unspecified atom stereocenters. The first-order valence-corrected chi connectivity index (χ1v) is 6.45. The molecule has 0 amide bonds. The molecule has 0 saturated carbocycles. The van der Waals surface area contributed by atoms with Crippen molar-refractivity contribution in [2.45, 2.75) is 13.3 Å². The molecule has 1 atom stereocenters. The Morgan fingerprint density at radius 1 is 1.06 bits per heavy atom. The van der Waals surface area contributed by atoms with Gasteiger partial charge in [0.05, 0.1) is 0 Å². The average Bonchev–Trinajstić information content (AvgIpc) is 2.38. The van der Waals surface area contributed by atoms with Gasteiger partial charge in [-0.25, -0.2) is 0 Å². The molecule has 0 fully saturated rings. The van der Waals surface area contributed by atoms with E-state index in [1.807, 2.05) is 12.1 Å². The van der Waals surface area contributed by atoms with Crippen molar-refractivity contribution in [3.05, 3.63) is 54.1 Å². The first-order chi connectivity index (χ1) is 8.74. The summed E-state index contributed by atoms with van der Waals surface area (Å²) in [7, 11) is 0. The Morgan fingerprint density at radius 2 is 1.78 bits per heavy atom. The van der Waals surface area contributed by atoms with E-state index in [0.29, 0.717) is 5.92 Å². The minimum absolute atomic E-state index is 0.678. The molecule has 1 aliphatic heterocycles. The largest absolute Gasteiger partial charge is 0.399 e. The van der Waals surface area contributed by atoms with Crippen molar-refractivity contribution >= 4 is 17.1 Å². The summed E-state index contributed by atoms with van der Waals surface area (Å²) in [5.41, 5.74) is 10.6. The van der Waals surface area contributed by atoms with E-state index in [-0.39, 0.29) is 0 Å². The van der Waals surface area contributed by atoms with Crippen LogP contribution in [0.1, 0.15) is 12.5 Å². The van der Waals surface area contributed by atoms with Crippen LogP contribution >= 0.6 is 0 Å². The molecular weight excluding hydrogens is 220 g/mol. The summed E-state index contributed by atoms with van der Waals surface area (Å²) in [6.07, 6.45) is 1.17. The van der Waals surface area contributed by atoms with Gasteiger partial charge < -0.3 is 10.6 Å². The Hall–Kier alpha value is -1.96. The van der Waals surface area contributed by atoms with Gasteiger partial charge in [-0.05, 0) is 48.2 Å². The highest BCUT2D eigenvalue weighted by Gasteiger charge is 2.22. The Kier molecular flexibility index (Phi) is 2.71. The van der Waals surface area contributed by atoms with Gasteiger partial charge in [-0.2, -0.15) is 0 Å². The lowest BCUT2D eigenvalue weighted by atomic mass is 9.93. The van der Waals surface area contributed by atoms with Crippen molar-refractivity contribution in [1.82, 2.24) is 0 Å². The smallest absolute Gasteiger partial charge is 0.0443 e. The standard InChI is InChI=1S/C16H18N2/c1-12-10-13-4-2-3-5-16(13)18(11-12)15-8-6-14(17)7-9-15/h2-9,12H,10-11,17H2,1H3. The molecule has 2 N–H and O–H groups in total. The number of fused-ring (bicyclic) bond motifs is 1. The molecule has 0 saturated heterocycles. The molecule has 2 nitrogen and oxygen atoms in total. The summed E-state index contributed by atoms with van der Waals surface area (Å²) in [4.78, 5) is 2.39. The maximum Gasteiger partial charge on any atom is 0.0443 e. The summed E-state index contributed by atoms with van der Waals surface area (Å²) in [6.45, 7) is 3.38. The molecule has 2 aromatic carbocycles. The number of para-hydroxylation sites is 1. The van der Waals surface area contributed by atoms with Crippen LogP contribution in [0.4, 0.5) is 17.1 Å². The predicted octanol–water partition coefficient (Wildman–Crippen LogP) is 3.60. The van der Waals surface area contributed by atoms with Crippen molar-refractivity contribution < 1.29 is 0 Å². The van der Waals surface area contributed by atoms with Gasteiger partial charge in [0.15, 0.2) is 0 Å². The van der Waals surface area contributed by atoms with E-state index >= 15 is 0 Å². The van der Waals surface area contributed by atoms with Crippen LogP contribution in [0, 0.1) is 5.92 Å². The lowest BCUT2D eigenvalue weighted by Crippen LogP contribution is -2.30. The third-order valence-corrected chi connectivity index (χ3v) is 3.55. The van der Waals surface area contributed by atoms with Crippen LogP contribution in [-0.4, -0.2) is 6.54 Å². The van der Waals surface area contributed by atoms with Crippen LogP contribution in [-0.2, 0) is 6.42 Å². The minimum Gasteiger partial charge on any atom is -0.399 e. The summed E-state index contributed by atoms with van der Waals surface area (Å²) in [5.74, 6) is 0.678. The van der Waals surface area contributed by atoms with Crippen molar-refractivity contribution in [1.29, 1.82) is 0 Å². The van der Waals surface area contributed by atoms with E-state index in [0.717, 1.165) is 12.2 Å². The zero-order valence-electron chi connectivity index (χ0n) is 10.6. The van der Waals surface area contributed by atoms with Crippen LogP contribution in [0.15, 0.2) is 48.5 Å². The topological polar surface area (TPSA) is 29.3 Å². The van der Waals surface area contributed by atoms with E-state index in [4.69, 9.17) is 5.73 Å². The Labute approximate surface area is 108 Å². The second-order valence-corrected chi connectivity index (χ2v) is 5.14. The highest BCUT2D eigenvalue weighted by molar-refractivity contribution is 5.69.